The van der Waals surface area contributed by atoms with Crippen molar-refractivity contribution in [3.63, 3.8) is 0 Å². The fourth-order valence-corrected chi connectivity index (χ4v) is 0.916. The number of carbonyl (C=O) groups is 1. The van der Waals surface area contributed by atoms with Crippen molar-refractivity contribution in [2.24, 2.45) is 5.73 Å². The molecule has 1 aromatic rings. The van der Waals surface area contributed by atoms with Crippen LogP contribution in [0.2, 0.25) is 0 Å². The van der Waals surface area contributed by atoms with Gasteiger partial charge >= 0.3 is 0 Å². The minimum Gasteiger partial charge on any atom is -0.368 e. The van der Waals surface area contributed by atoms with Crippen molar-refractivity contribution < 1.29 is 4.79 Å². The molecule has 3 N–H and O–H groups in total. The standard InChI is InChI=1S/C6H7BrN4O/c7-4-1-6(11-3-10-4)9-2-5(8)12/h1,3H,2H2,(H2,8,12)(H,9,10,11). The Kier molecular flexibility index (Phi) is 2.98. The first kappa shape index (κ1) is 8.92. The molecule has 1 aromatic heterocycles. The van der Waals surface area contributed by atoms with E-state index in [9.17, 15) is 4.79 Å². The first-order valence-corrected chi connectivity index (χ1v) is 3.97. The first-order chi connectivity index (χ1) is 5.68. The number of anilines is 1. The van der Waals surface area contributed by atoms with Gasteiger partial charge in [0.1, 0.15) is 16.7 Å². The SMILES string of the molecule is NC(=O)CNc1cc(Br)ncn1. The van der Waals surface area contributed by atoms with Crippen molar-refractivity contribution in [3.05, 3.63) is 17.0 Å². The molecule has 0 aliphatic rings. The van der Waals surface area contributed by atoms with E-state index in [0.29, 0.717) is 10.4 Å². The van der Waals surface area contributed by atoms with Gasteiger partial charge in [0, 0.05) is 6.07 Å². The van der Waals surface area contributed by atoms with Crippen molar-refractivity contribution in [3.8, 4) is 0 Å². The molecule has 0 bridgehead atoms. The number of rotatable bonds is 3. The van der Waals surface area contributed by atoms with Gasteiger partial charge in [-0.3, -0.25) is 4.79 Å². The lowest BCUT2D eigenvalue weighted by Crippen LogP contribution is -2.22. The second-order valence-corrected chi connectivity index (χ2v) is 2.86. The van der Waals surface area contributed by atoms with Crippen molar-refractivity contribution >= 4 is 27.7 Å². The molecule has 0 unspecified atom stereocenters. The highest BCUT2D eigenvalue weighted by Gasteiger charge is 1.96. The van der Waals surface area contributed by atoms with Crippen LogP contribution in [0.3, 0.4) is 0 Å². The zero-order valence-corrected chi connectivity index (χ0v) is 7.71. The second kappa shape index (κ2) is 4.01. The van der Waals surface area contributed by atoms with Crippen LogP contribution in [0.15, 0.2) is 17.0 Å². The van der Waals surface area contributed by atoms with E-state index in [4.69, 9.17) is 5.73 Å². The fraction of sp³-hybridized carbons (Fsp3) is 0.167. The summed E-state index contributed by atoms with van der Waals surface area (Å²) in [5.74, 6) is 0.139. The van der Waals surface area contributed by atoms with E-state index in [0.717, 1.165) is 0 Å². The van der Waals surface area contributed by atoms with Gasteiger partial charge in [-0.05, 0) is 15.9 Å². The highest BCUT2D eigenvalue weighted by Crippen LogP contribution is 2.08. The number of hydrogen-bond donors (Lipinski definition) is 2. The van der Waals surface area contributed by atoms with Gasteiger partial charge in [-0.2, -0.15) is 0 Å². The predicted molar refractivity (Wildman–Crippen MR) is 47.4 cm³/mol. The topological polar surface area (TPSA) is 80.9 Å². The van der Waals surface area contributed by atoms with Crippen LogP contribution < -0.4 is 11.1 Å². The molecule has 0 spiro atoms. The number of hydrogen-bond acceptors (Lipinski definition) is 4. The predicted octanol–water partition coefficient (Wildman–Crippen LogP) is 0.136. The normalized spacial score (nSPS) is 9.42. The first-order valence-electron chi connectivity index (χ1n) is 3.18. The van der Waals surface area contributed by atoms with Gasteiger partial charge in [0.05, 0.1) is 6.54 Å². The summed E-state index contributed by atoms with van der Waals surface area (Å²) in [6.07, 6.45) is 1.38. The van der Waals surface area contributed by atoms with E-state index in [1.54, 1.807) is 6.07 Å². The number of halogens is 1. The smallest absolute Gasteiger partial charge is 0.236 e. The van der Waals surface area contributed by atoms with Gasteiger partial charge in [-0.25, -0.2) is 9.97 Å². The Morgan fingerprint density at radius 1 is 1.67 bits per heavy atom. The van der Waals surface area contributed by atoms with Gasteiger partial charge in [0.25, 0.3) is 0 Å². The van der Waals surface area contributed by atoms with E-state index >= 15 is 0 Å². The van der Waals surface area contributed by atoms with Crippen LogP contribution in [-0.2, 0) is 4.79 Å². The Morgan fingerprint density at radius 2 is 2.42 bits per heavy atom. The third-order valence-corrected chi connectivity index (χ3v) is 1.51. The monoisotopic (exact) mass is 230 g/mol. The molecule has 0 aliphatic carbocycles. The van der Waals surface area contributed by atoms with Crippen molar-refractivity contribution in [2.45, 2.75) is 0 Å². The highest BCUT2D eigenvalue weighted by atomic mass is 79.9. The van der Waals surface area contributed by atoms with E-state index in [1.807, 2.05) is 0 Å². The maximum absolute atomic E-state index is 10.4. The summed E-state index contributed by atoms with van der Waals surface area (Å²) in [6, 6.07) is 1.66. The summed E-state index contributed by atoms with van der Waals surface area (Å²) < 4.78 is 0.657. The zero-order valence-electron chi connectivity index (χ0n) is 6.12. The van der Waals surface area contributed by atoms with Crippen LogP contribution in [-0.4, -0.2) is 22.4 Å². The maximum Gasteiger partial charge on any atom is 0.236 e. The lowest BCUT2D eigenvalue weighted by molar-refractivity contribution is -0.116. The molecule has 1 heterocycles. The van der Waals surface area contributed by atoms with Gasteiger partial charge in [-0.15, -0.1) is 0 Å². The average Bonchev–Trinajstić information content (AvgIpc) is 2.01. The molecule has 64 valence electrons. The molecule has 0 fully saturated rings. The number of carbonyl (C=O) groups excluding carboxylic acids is 1. The summed E-state index contributed by atoms with van der Waals surface area (Å²) in [7, 11) is 0. The van der Waals surface area contributed by atoms with E-state index in [-0.39, 0.29) is 6.54 Å². The molecule has 6 heteroatoms. The van der Waals surface area contributed by atoms with Gasteiger partial charge < -0.3 is 11.1 Å². The Morgan fingerprint density at radius 3 is 3.00 bits per heavy atom. The Bertz CT molecular complexity index is 291. The number of aromatic nitrogens is 2. The molecular formula is C6H7BrN4O. The summed E-state index contributed by atoms with van der Waals surface area (Å²) >= 11 is 3.16. The van der Waals surface area contributed by atoms with E-state index < -0.39 is 5.91 Å². The average molecular weight is 231 g/mol. The molecule has 1 amide bonds. The molecule has 0 aromatic carbocycles. The molecule has 0 radical (unpaired) electrons. The Hall–Kier alpha value is -1.17. The lowest BCUT2D eigenvalue weighted by Gasteiger charge is -2.01. The van der Waals surface area contributed by atoms with E-state index in [2.05, 4.69) is 31.2 Å². The van der Waals surface area contributed by atoms with Crippen molar-refractivity contribution in [2.75, 3.05) is 11.9 Å². The Labute approximate surface area is 77.5 Å². The number of amides is 1. The molecule has 0 atom stereocenters. The fourth-order valence-electron chi connectivity index (χ4n) is 0.608. The third-order valence-electron chi connectivity index (χ3n) is 1.08. The number of primary amides is 1. The van der Waals surface area contributed by atoms with Crippen LogP contribution in [0.4, 0.5) is 5.82 Å². The molecular weight excluding hydrogens is 224 g/mol. The van der Waals surface area contributed by atoms with Crippen LogP contribution in [0.1, 0.15) is 0 Å². The van der Waals surface area contributed by atoms with Gasteiger partial charge in [0.15, 0.2) is 0 Å². The zero-order chi connectivity index (χ0) is 8.97. The quantitative estimate of drug-likeness (QED) is 0.725. The summed E-state index contributed by atoms with van der Waals surface area (Å²) in [6.45, 7) is 0.0729. The van der Waals surface area contributed by atoms with Crippen molar-refractivity contribution in [1.29, 1.82) is 0 Å². The largest absolute Gasteiger partial charge is 0.368 e. The van der Waals surface area contributed by atoms with Crippen LogP contribution in [0, 0.1) is 0 Å². The lowest BCUT2D eigenvalue weighted by atomic mass is 10.5. The van der Waals surface area contributed by atoms with Crippen LogP contribution in [0.25, 0.3) is 0 Å². The van der Waals surface area contributed by atoms with Gasteiger partial charge in [0.2, 0.25) is 5.91 Å². The van der Waals surface area contributed by atoms with Crippen molar-refractivity contribution in [1.82, 2.24) is 9.97 Å². The van der Waals surface area contributed by atoms with E-state index in [1.165, 1.54) is 6.33 Å². The number of nitrogens with one attached hydrogen (secondary N) is 1. The van der Waals surface area contributed by atoms with Crippen LogP contribution >= 0.6 is 15.9 Å². The second-order valence-electron chi connectivity index (χ2n) is 2.05. The van der Waals surface area contributed by atoms with Gasteiger partial charge in [-0.1, -0.05) is 0 Å². The summed E-state index contributed by atoms with van der Waals surface area (Å²) in [5, 5.41) is 2.73. The minimum absolute atomic E-state index is 0.0729. The third kappa shape index (κ3) is 2.83. The molecule has 0 aliphatic heterocycles. The molecule has 5 nitrogen and oxygen atoms in total. The maximum atomic E-state index is 10.4. The molecule has 1 rings (SSSR count). The number of nitrogens with zero attached hydrogens (tertiary/aromatic N) is 2. The Balaban J connectivity index is 2.57. The summed E-state index contributed by atoms with van der Waals surface area (Å²) in [5.41, 5.74) is 4.92. The molecule has 12 heavy (non-hydrogen) atoms. The number of nitrogens with two attached hydrogens (primary N) is 1. The molecule has 0 saturated carbocycles. The van der Waals surface area contributed by atoms with Crippen LogP contribution in [0.5, 0.6) is 0 Å². The highest BCUT2D eigenvalue weighted by molar-refractivity contribution is 9.10. The summed E-state index contributed by atoms with van der Waals surface area (Å²) in [4.78, 5) is 18.0. The minimum atomic E-state index is -0.426. The molecule has 0 saturated heterocycles.